The van der Waals surface area contributed by atoms with Crippen LogP contribution in [0.25, 0.3) is 0 Å². The molecular formula is C20H22F3N3S. The second kappa shape index (κ2) is 8.17. The first-order valence-corrected chi connectivity index (χ1v) is 9.32. The molecule has 0 saturated heterocycles. The van der Waals surface area contributed by atoms with Gasteiger partial charge < -0.3 is 15.5 Å². The van der Waals surface area contributed by atoms with E-state index in [0.717, 1.165) is 31.5 Å². The number of hydrogen-bond donors (Lipinski definition) is 2. The molecule has 3 nitrogen and oxygen atoms in total. The highest BCUT2D eigenvalue weighted by Crippen LogP contribution is 2.32. The van der Waals surface area contributed by atoms with Crippen molar-refractivity contribution in [1.29, 1.82) is 0 Å². The summed E-state index contributed by atoms with van der Waals surface area (Å²) in [6, 6.07) is 13.9. The van der Waals surface area contributed by atoms with E-state index in [2.05, 4.69) is 46.7 Å². The van der Waals surface area contributed by atoms with Crippen molar-refractivity contribution in [3.8, 4) is 0 Å². The van der Waals surface area contributed by atoms with Crippen molar-refractivity contribution in [2.24, 2.45) is 0 Å². The predicted molar refractivity (Wildman–Crippen MR) is 107 cm³/mol. The number of halogens is 3. The molecule has 2 aromatic carbocycles. The molecule has 0 unspecified atom stereocenters. The number of benzene rings is 2. The Morgan fingerprint density at radius 3 is 2.74 bits per heavy atom. The van der Waals surface area contributed by atoms with Crippen LogP contribution in [0.15, 0.2) is 48.5 Å². The lowest BCUT2D eigenvalue weighted by atomic mass is 10.1. The highest BCUT2D eigenvalue weighted by atomic mass is 32.1. The molecular weight excluding hydrogens is 371 g/mol. The SMILES string of the molecule is C[C@H]1Cc2ccccc2N1CCCNC(=S)Nc1cccc(C(F)(F)F)c1. The molecule has 0 aliphatic carbocycles. The second-order valence-electron chi connectivity index (χ2n) is 6.69. The molecule has 2 aromatic rings. The van der Waals surface area contributed by atoms with Crippen LogP contribution in [-0.2, 0) is 12.6 Å². The van der Waals surface area contributed by atoms with Crippen LogP contribution in [-0.4, -0.2) is 24.2 Å². The van der Waals surface area contributed by atoms with Gasteiger partial charge in [-0.25, -0.2) is 0 Å². The topological polar surface area (TPSA) is 27.3 Å². The molecule has 144 valence electrons. The van der Waals surface area contributed by atoms with E-state index >= 15 is 0 Å². The van der Waals surface area contributed by atoms with Crippen molar-refractivity contribution in [3.63, 3.8) is 0 Å². The standard InChI is InChI=1S/C20H22F3N3S/c1-14-12-15-6-2-3-9-18(15)26(14)11-5-10-24-19(27)25-17-8-4-7-16(13-17)20(21,22)23/h2-4,6-9,13-14H,5,10-12H2,1H3,(H2,24,25,27)/t14-/m0/s1. The lowest BCUT2D eigenvalue weighted by Crippen LogP contribution is -2.34. The minimum Gasteiger partial charge on any atom is -0.368 e. The average molecular weight is 393 g/mol. The monoisotopic (exact) mass is 393 g/mol. The van der Waals surface area contributed by atoms with Gasteiger partial charge in [-0.05, 0) is 61.8 Å². The van der Waals surface area contributed by atoms with Gasteiger partial charge in [-0.3, -0.25) is 0 Å². The lowest BCUT2D eigenvalue weighted by molar-refractivity contribution is -0.137. The van der Waals surface area contributed by atoms with Crippen molar-refractivity contribution < 1.29 is 13.2 Å². The summed E-state index contributed by atoms with van der Waals surface area (Å²) in [6.07, 6.45) is -2.43. The van der Waals surface area contributed by atoms with Gasteiger partial charge in [0, 0.05) is 30.5 Å². The van der Waals surface area contributed by atoms with Crippen LogP contribution in [0, 0.1) is 0 Å². The van der Waals surface area contributed by atoms with Gasteiger partial charge in [0.25, 0.3) is 0 Å². The molecule has 0 amide bonds. The average Bonchev–Trinajstić information content (AvgIpc) is 2.93. The van der Waals surface area contributed by atoms with E-state index in [9.17, 15) is 13.2 Å². The summed E-state index contributed by atoms with van der Waals surface area (Å²) < 4.78 is 38.3. The first kappa shape index (κ1) is 19.5. The van der Waals surface area contributed by atoms with Crippen LogP contribution in [0.5, 0.6) is 0 Å². The Hall–Kier alpha value is -2.28. The number of rotatable bonds is 5. The Balaban J connectivity index is 1.45. The van der Waals surface area contributed by atoms with Gasteiger partial charge in [0.15, 0.2) is 5.11 Å². The summed E-state index contributed by atoms with van der Waals surface area (Å²) in [5, 5.41) is 6.20. The number of anilines is 2. The van der Waals surface area contributed by atoms with E-state index in [1.807, 2.05) is 0 Å². The van der Waals surface area contributed by atoms with Crippen LogP contribution in [0.4, 0.5) is 24.5 Å². The third kappa shape index (κ3) is 4.91. The van der Waals surface area contributed by atoms with Crippen LogP contribution in [0.1, 0.15) is 24.5 Å². The summed E-state index contributed by atoms with van der Waals surface area (Å²) >= 11 is 5.19. The number of hydrogen-bond acceptors (Lipinski definition) is 2. The zero-order valence-electron chi connectivity index (χ0n) is 15.0. The van der Waals surface area contributed by atoms with Gasteiger partial charge in [0.05, 0.1) is 5.56 Å². The fourth-order valence-corrected chi connectivity index (χ4v) is 3.59. The van der Waals surface area contributed by atoms with Crippen LogP contribution >= 0.6 is 12.2 Å². The molecule has 3 rings (SSSR count). The number of thiocarbonyl (C=S) groups is 1. The maximum atomic E-state index is 12.8. The number of nitrogens with zero attached hydrogens (tertiary/aromatic N) is 1. The summed E-state index contributed by atoms with van der Waals surface area (Å²) in [7, 11) is 0. The Morgan fingerprint density at radius 2 is 1.96 bits per heavy atom. The number of para-hydroxylation sites is 1. The molecule has 0 spiro atoms. The van der Waals surface area contributed by atoms with Crippen molar-refractivity contribution in [3.05, 3.63) is 59.7 Å². The minimum absolute atomic E-state index is 0.323. The third-order valence-corrected chi connectivity index (χ3v) is 4.90. The molecule has 0 radical (unpaired) electrons. The Labute approximate surface area is 162 Å². The number of fused-ring (bicyclic) bond motifs is 1. The van der Waals surface area contributed by atoms with Crippen LogP contribution in [0.3, 0.4) is 0 Å². The van der Waals surface area contributed by atoms with E-state index in [1.165, 1.54) is 17.3 Å². The smallest absolute Gasteiger partial charge is 0.368 e. The predicted octanol–water partition coefficient (Wildman–Crippen LogP) is 4.83. The quantitative estimate of drug-likeness (QED) is 0.562. The third-order valence-electron chi connectivity index (χ3n) is 4.66. The highest BCUT2D eigenvalue weighted by Gasteiger charge is 2.30. The Kier molecular flexibility index (Phi) is 5.89. The van der Waals surface area contributed by atoms with E-state index in [4.69, 9.17) is 12.2 Å². The molecule has 1 atom stereocenters. The highest BCUT2D eigenvalue weighted by molar-refractivity contribution is 7.80. The van der Waals surface area contributed by atoms with E-state index in [-0.39, 0.29) is 0 Å². The van der Waals surface area contributed by atoms with Crippen LogP contribution in [0.2, 0.25) is 0 Å². The number of alkyl halides is 3. The van der Waals surface area contributed by atoms with Gasteiger partial charge in [0.1, 0.15) is 0 Å². The van der Waals surface area contributed by atoms with E-state index in [1.54, 1.807) is 6.07 Å². The van der Waals surface area contributed by atoms with Crippen molar-refractivity contribution >= 4 is 28.7 Å². The molecule has 0 fully saturated rings. The largest absolute Gasteiger partial charge is 0.416 e. The zero-order valence-corrected chi connectivity index (χ0v) is 15.8. The molecule has 7 heteroatoms. The molecule has 0 bridgehead atoms. The molecule has 2 N–H and O–H groups in total. The van der Waals surface area contributed by atoms with Gasteiger partial charge in [-0.15, -0.1) is 0 Å². The summed E-state index contributed by atoms with van der Waals surface area (Å²) in [6.45, 7) is 3.76. The van der Waals surface area contributed by atoms with Crippen molar-refractivity contribution in [2.45, 2.75) is 32.0 Å². The van der Waals surface area contributed by atoms with Crippen molar-refractivity contribution in [2.75, 3.05) is 23.3 Å². The van der Waals surface area contributed by atoms with Gasteiger partial charge >= 0.3 is 6.18 Å². The Bertz CT molecular complexity index is 807. The maximum absolute atomic E-state index is 12.8. The van der Waals surface area contributed by atoms with Crippen LogP contribution < -0.4 is 15.5 Å². The fraction of sp³-hybridized carbons (Fsp3) is 0.350. The van der Waals surface area contributed by atoms with Gasteiger partial charge in [0.2, 0.25) is 0 Å². The molecule has 0 aromatic heterocycles. The van der Waals surface area contributed by atoms with E-state index < -0.39 is 11.7 Å². The Morgan fingerprint density at radius 1 is 1.19 bits per heavy atom. The second-order valence-corrected chi connectivity index (χ2v) is 7.10. The minimum atomic E-state index is -4.37. The fourth-order valence-electron chi connectivity index (χ4n) is 3.37. The molecule has 0 saturated carbocycles. The summed E-state index contributed by atoms with van der Waals surface area (Å²) in [5.74, 6) is 0. The maximum Gasteiger partial charge on any atom is 0.416 e. The zero-order chi connectivity index (χ0) is 19.4. The van der Waals surface area contributed by atoms with E-state index in [0.29, 0.717) is 23.4 Å². The lowest BCUT2D eigenvalue weighted by Gasteiger charge is -2.25. The normalized spacial score (nSPS) is 16.1. The molecule has 1 heterocycles. The summed E-state index contributed by atoms with van der Waals surface area (Å²) in [4.78, 5) is 2.39. The molecule has 1 aliphatic rings. The molecule has 1 aliphatic heterocycles. The van der Waals surface area contributed by atoms with Gasteiger partial charge in [-0.2, -0.15) is 13.2 Å². The summed E-state index contributed by atoms with van der Waals surface area (Å²) in [5.41, 5.74) is 2.29. The molecule has 27 heavy (non-hydrogen) atoms. The first-order valence-electron chi connectivity index (χ1n) is 8.91. The number of nitrogens with one attached hydrogen (secondary N) is 2. The van der Waals surface area contributed by atoms with Gasteiger partial charge in [-0.1, -0.05) is 24.3 Å². The first-order chi connectivity index (χ1) is 12.8. The van der Waals surface area contributed by atoms with Crippen molar-refractivity contribution in [1.82, 2.24) is 5.32 Å².